The zero-order valence-electron chi connectivity index (χ0n) is 36.4. The third-order valence-corrected chi connectivity index (χ3v) is 10.7. The highest BCUT2D eigenvalue weighted by molar-refractivity contribution is 6.09. The van der Waals surface area contributed by atoms with Crippen LogP contribution in [-0.4, -0.2) is 98.0 Å². The van der Waals surface area contributed by atoms with Gasteiger partial charge in [0.1, 0.15) is 0 Å². The maximum absolute atomic E-state index is 12.2. The maximum Gasteiger partial charge on any atom is 0.255 e. The summed E-state index contributed by atoms with van der Waals surface area (Å²) < 4.78 is 27.9. The molecule has 4 aromatic carbocycles. The minimum atomic E-state index is -0.668. The number of hydrogen-bond donors (Lipinski definition) is 6. The van der Waals surface area contributed by atoms with Gasteiger partial charge in [0.2, 0.25) is 0 Å². The second-order valence-corrected chi connectivity index (χ2v) is 14.8. The number of pyridine rings is 2. The van der Waals surface area contributed by atoms with Crippen LogP contribution < -0.4 is 46.8 Å². The number of nitrogens with two attached hydrogens (primary N) is 3. The molecule has 0 bridgehead atoms. The van der Waals surface area contributed by atoms with Gasteiger partial charge in [-0.2, -0.15) is 0 Å². The monoisotopic (exact) mass is 874 g/mol. The number of hydrogen-bond acceptors (Lipinski definition) is 14. The number of rotatable bonds is 18. The van der Waals surface area contributed by atoms with Crippen LogP contribution in [0.2, 0.25) is 0 Å². The molecule has 0 spiro atoms. The van der Waals surface area contributed by atoms with Crippen LogP contribution in [0.25, 0.3) is 21.8 Å². The number of aliphatic hydroxyl groups is 1. The summed E-state index contributed by atoms with van der Waals surface area (Å²) in [6, 6.07) is 20.3. The van der Waals surface area contributed by atoms with Crippen molar-refractivity contribution in [2.75, 3.05) is 70.9 Å². The molecule has 0 saturated carbocycles. The molecule has 0 atom stereocenters. The standard InChI is InChI=1S/C26H32N4O4.C21H22N4O5/c1-3-18-7-4-5-8-21(18)29-25-19-15-23(32-2)24(16-22(19)28-17-20(25)26(27)31)34-12-6-9-30-10-13-33-14-11-30;1-11-12(9-26)4-3-5-15(11)25-20-13-6-18(30-10-19(22)27)17(29-2)7-16(13)24-8-14(20)21(23)28/h4-5,7-8,15-17H,3,6,9-14H2,1-2H3,(H2,27,31)(H,28,29);3-8,26H,9-10H2,1-2H3,(H2,22,27)(H2,23,28)(H,24,25). The molecule has 64 heavy (non-hydrogen) atoms. The van der Waals surface area contributed by atoms with E-state index in [0.29, 0.717) is 62.9 Å². The molecule has 0 aliphatic carbocycles. The van der Waals surface area contributed by atoms with Gasteiger partial charge in [0, 0.05) is 66.3 Å². The lowest BCUT2D eigenvalue weighted by molar-refractivity contribution is -0.119. The fourth-order valence-electron chi connectivity index (χ4n) is 7.24. The van der Waals surface area contributed by atoms with E-state index < -0.39 is 17.7 Å². The summed E-state index contributed by atoms with van der Waals surface area (Å²) in [6.07, 6.45) is 4.64. The zero-order chi connectivity index (χ0) is 45.8. The van der Waals surface area contributed by atoms with Gasteiger partial charge in [-0.15, -0.1) is 0 Å². The number of primary amides is 3. The Balaban J connectivity index is 0.000000214. The third kappa shape index (κ3) is 11.0. The van der Waals surface area contributed by atoms with Crippen LogP contribution in [0.1, 0.15) is 50.8 Å². The number of anilines is 4. The summed E-state index contributed by atoms with van der Waals surface area (Å²) in [5.41, 5.74) is 23.4. The smallest absolute Gasteiger partial charge is 0.255 e. The van der Waals surface area contributed by atoms with E-state index in [1.54, 1.807) is 31.4 Å². The molecule has 1 fully saturated rings. The van der Waals surface area contributed by atoms with Crippen molar-refractivity contribution >= 4 is 62.3 Å². The van der Waals surface area contributed by atoms with Crippen molar-refractivity contribution in [3.63, 3.8) is 0 Å². The van der Waals surface area contributed by atoms with E-state index in [1.807, 2.05) is 43.3 Å². The van der Waals surface area contributed by atoms with E-state index in [2.05, 4.69) is 38.5 Å². The van der Waals surface area contributed by atoms with E-state index >= 15 is 0 Å². The van der Waals surface area contributed by atoms with Crippen molar-refractivity contribution in [2.24, 2.45) is 17.2 Å². The lowest BCUT2D eigenvalue weighted by Crippen LogP contribution is -2.37. The quantitative estimate of drug-likeness (QED) is 0.0584. The van der Waals surface area contributed by atoms with Crippen molar-refractivity contribution in [3.8, 4) is 23.0 Å². The fraction of sp³-hybridized carbons (Fsp3) is 0.298. The molecule has 1 saturated heterocycles. The first-order valence-corrected chi connectivity index (χ1v) is 20.7. The van der Waals surface area contributed by atoms with Gasteiger partial charge >= 0.3 is 0 Å². The van der Waals surface area contributed by atoms with E-state index in [9.17, 15) is 19.5 Å². The molecule has 17 heteroatoms. The average Bonchev–Trinajstić information content (AvgIpc) is 3.30. The second kappa shape index (κ2) is 21.7. The van der Waals surface area contributed by atoms with Gasteiger partial charge in [-0.3, -0.25) is 29.3 Å². The van der Waals surface area contributed by atoms with Gasteiger partial charge in [0.25, 0.3) is 17.7 Å². The van der Waals surface area contributed by atoms with Crippen LogP contribution in [0.4, 0.5) is 22.7 Å². The molecule has 17 nitrogen and oxygen atoms in total. The van der Waals surface area contributed by atoms with Gasteiger partial charge in [-0.05, 0) is 60.7 Å². The summed E-state index contributed by atoms with van der Waals surface area (Å²) in [4.78, 5) is 46.6. The number of nitrogens with zero attached hydrogens (tertiary/aromatic N) is 3. The number of morpholine rings is 1. The van der Waals surface area contributed by atoms with E-state index in [4.69, 9.17) is 40.9 Å². The summed E-state index contributed by atoms with van der Waals surface area (Å²) >= 11 is 0. The molecule has 3 amide bonds. The molecule has 7 rings (SSSR count). The van der Waals surface area contributed by atoms with Crippen molar-refractivity contribution in [3.05, 3.63) is 107 Å². The molecule has 3 heterocycles. The van der Waals surface area contributed by atoms with Crippen molar-refractivity contribution < 1.29 is 43.2 Å². The van der Waals surface area contributed by atoms with Crippen LogP contribution >= 0.6 is 0 Å². The largest absolute Gasteiger partial charge is 0.493 e. The molecule has 1 aliphatic heterocycles. The summed E-state index contributed by atoms with van der Waals surface area (Å²) in [5, 5.41) is 17.5. The number of amides is 3. The maximum atomic E-state index is 12.2. The number of aliphatic hydroxyl groups excluding tert-OH is 1. The topological polar surface area (TPSA) is 249 Å². The molecule has 0 unspecified atom stereocenters. The minimum absolute atomic E-state index is 0.122. The SMILES string of the molecule is CCc1ccccc1Nc1c(C(N)=O)cnc2cc(OCCCN3CCOCC3)c(OC)cc12.COc1cc2ncc(C(N)=O)c(Nc3cccc(CO)c3C)c2cc1OCC(N)=O. The summed E-state index contributed by atoms with van der Waals surface area (Å²) in [6.45, 7) is 8.50. The molecule has 336 valence electrons. The van der Waals surface area contributed by atoms with Crippen molar-refractivity contribution in [1.82, 2.24) is 14.9 Å². The Morgan fingerprint density at radius 2 is 1.30 bits per heavy atom. The Morgan fingerprint density at radius 3 is 1.89 bits per heavy atom. The molecule has 9 N–H and O–H groups in total. The van der Waals surface area contributed by atoms with Gasteiger partial charge in [0.05, 0.1) is 74.2 Å². The minimum Gasteiger partial charge on any atom is -0.493 e. The second-order valence-electron chi connectivity index (χ2n) is 14.8. The van der Waals surface area contributed by atoms with Gasteiger partial charge in [-0.25, -0.2) is 0 Å². The Kier molecular flexibility index (Phi) is 15.7. The number of aromatic nitrogens is 2. The highest BCUT2D eigenvalue weighted by atomic mass is 16.5. The number of nitrogens with one attached hydrogen (secondary N) is 2. The number of methoxy groups -OCH3 is 2. The van der Waals surface area contributed by atoms with Crippen molar-refractivity contribution in [2.45, 2.75) is 33.3 Å². The number of para-hydroxylation sites is 1. The lowest BCUT2D eigenvalue weighted by atomic mass is 10.0. The van der Waals surface area contributed by atoms with E-state index in [0.717, 1.165) is 73.5 Å². The average molecular weight is 875 g/mol. The van der Waals surface area contributed by atoms with Gasteiger partial charge in [-0.1, -0.05) is 37.3 Å². The number of ether oxygens (including phenoxy) is 5. The molecule has 1 aliphatic rings. The third-order valence-electron chi connectivity index (χ3n) is 10.7. The Hall–Kier alpha value is -7.21. The van der Waals surface area contributed by atoms with E-state index in [-0.39, 0.29) is 24.5 Å². The molecule has 2 aromatic heterocycles. The number of aryl methyl sites for hydroxylation is 1. The Labute approximate surface area is 370 Å². The van der Waals surface area contributed by atoms with Gasteiger partial charge in [0.15, 0.2) is 29.6 Å². The van der Waals surface area contributed by atoms with E-state index in [1.165, 1.54) is 19.5 Å². The zero-order valence-corrected chi connectivity index (χ0v) is 36.4. The van der Waals surface area contributed by atoms with Crippen LogP contribution in [0, 0.1) is 6.92 Å². The number of benzene rings is 4. The highest BCUT2D eigenvalue weighted by Gasteiger charge is 2.20. The number of fused-ring (bicyclic) bond motifs is 2. The fourth-order valence-corrected chi connectivity index (χ4v) is 7.24. The summed E-state index contributed by atoms with van der Waals surface area (Å²) in [5.74, 6) is -0.0450. The van der Waals surface area contributed by atoms with Crippen LogP contribution in [-0.2, 0) is 22.6 Å². The van der Waals surface area contributed by atoms with Gasteiger partial charge < -0.3 is 56.6 Å². The number of carbonyl (C=O) groups is 3. The Morgan fingerprint density at radius 1 is 0.750 bits per heavy atom. The Bertz CT molecular complexity index is 2630. The normalized spacial score (nSPS) is 12.5. The summed E-state index contributed by atoms with van der Waals surface area (Å²) in [7, 11) is 3.06. The predicted molar refractivity (Wildman–Crippen MR) is 245 cm³/mol. The van der Waals surface area contributed by atoms with Crippen LogP contribution in [0.3, 0.4) is 0 Å². The molecule has 0 radical (unpaired) electrons. The highest BCUT2D eigenvalue weighted by Crippen LogP contribution is 2.39. The first-order valence-electron chi connectivity index (χ1n) is 20.7. The number of carbonyl (C=O) groups excluding carboxylic acids is 3. The first kappa shape index (κ1) is 46.3. The van der Waals surface area contributed by atoms with Crippen LogP contribution in [0.5, 0.6) is 23.0 Å². The molecule has 6 aromatic rings. The molecular formula is C47H54N8O9. The molecular weight excluding hydrogens is 821 g/mol. The first-order chi connectivity index (χ1) is 31.0. The predicted octanol–water partition coefficient (Wildman–Crippen LogP) is 5.50. The lowest BCUT2D eigenvalue weighted by Gasteiger charge is -2.26. The van der Waals surface area contributed by atoms with Crippen LogP contribution in [0.15, 0.2) is 79.1 Å². The van der Waals surface area contributed by atoms with Crippen molar-refractivity contribution in [1.29, 1.82) is 0 Å².